The zero-order chi connectivity index (χ0) is 20.8. The van der Waals surface area contributed by atoms with Gasteiger partial charge >= 0.3 is 0 Å². The van der Waals surface area contributed by atoms with Gasteiger partial charge in [-0.3, -0.25) is 9.48 Å². The normalized spacial score (nSPS) is 10.7. The summed E-state index contributed by atoms with van der Waals surface area (Å²) in [5, 5.41) is 18.5. The van der Waals surface area contributed by atoms with Crippen LogP contribution >= 0.6 is 0 Å². The number of nitrogens with one attached hydrogen (secondary N) is 1. The third-order valence-corrected chi connectivity index (χ3v) is 5.17. The van der Waals surface area contributed by atoms with E-state index in [1.165, 1.54) is 0 Å². The number of rotatable bonds is 8. The molecule has 3 rings (SSSR count). The van der Waals surface area contributed by atoms with Crippen molar-refractivity contribution in [2.24, 2.45) is 0 Å². The molecule has 0 fully saturated rings. The van der Waals surface area contributed by atoms with Crippen molar-refractivity contribution < 1.29 is 9.53 Å². The molecule has 0 aliphatic rings. The molecule has 1 heterocycles. The number of hydrogen-bond acceptors (Lipinski definition) is 4. The third kappa shape index (κ3) is 4.94. The molecule has 29 heavy (non-hydrogen) atoms. The molecule has 0 aliphatic carbocycles. The van der Waals surface area contributed by atoms with E-state index in [4.69, 9.17) is 10.00 Å². The summed E-state index contributed by atoms with van der Waals surface area (Å²) in [5.74, 6) is 0.850. The molecular formula is C23H26N4O2. The molecule has 0 saturated carbocycles. The lowest BCUT2D eigenvalue weighted by molar-refractivity contribution is -0.121. The van der Waals surface area contributed by atoms with E-state index >= 15 is 0 Å². The summed E-state index contributed by atoms with van der Waals surface area (Å²) in [6, 6.07) is 14.3. The molecule has 6 nitrogen and oxygen atoms in total. The molecule has 0 spiro atoms. The highest BCUT2D eigenvalue weighted by Crippen LogP contribution is 2.22. The first-order chi connectivity index (χ1) is 14.0. The lowest BCUT2D eigenvalue weighted by Crippen LogP contribution is -2.23. The predicted molar refractivity (Wildman–Crippen MR) is 113 cm³/mol. The maximum atomic E-state index is 12.3. The summed E-state index contributed by atoms with van der Waals surface area (Å²) in [5.41, 5.74) is 4.12. The number of methoxy groups -OCH3 is 1. The molecule has 1 aromatic heterocycles. The fourth-order valence-corrected chi connectivity index (χ4v) is 3.51. The number of benzene rings is 2. The summed E-state index contributed by atoms with van der Waals surface area (Å²) in [4.78, 5) is 12.3. The molecule has 3 aromatic rings. The number of ether oxygens (including phenoxy) is 1. The summed E-state index contributed by atoms with van der Waals surface area (Å²) < 4.78 is 7.11. The van der Waals surface area contributed by atoms with Crippen LogP contribution in [0.15, 0.2) is 36.4 Å². The first-order valence-electron chi connectivity index (χ1n) is 9.75. The molecule has 0 bridgehead atoms. The van der Waals surface area contributed by atoms with Crippen LogP contribution in [0.25, 0.3) is 10.8 Å². The van der Waals surface area contributed by atoms with Crippen LogP contribution in [0.3, 0.4) is 0 Å². The maximum absolute atomic E-state index is 12.3. The Kier molecular flexibility index (Phi) is 6.50. The average molecular weight is 390 g/mol. The van der Waals surface area contributed by atoms with Crippen molar-refractivity contribution in [2.75, 3.05) is 7.11 Å². The first-order valence-corrected chi connectivity index (χ1v) is 9.75. The third-order valence-electron chi connectivity index (χ3n) is 5.17. The van der Waals surface area contributed by atoms with Gasteiger partial charge in [-0.15, -0.1) is 0 Å². The smallest absolute Gasteiger partial charge is 0.220 e. The van der Waals surface area contributed by atoms with E-state index in [-0.39, 0.29) is 5.91 Å². The van der Waals surface area contributed by atoms with Gasteiger partial charge < -0.3 is 10.1 Å². The lowest BCUT2D eigenvalue weighted by atomic mass is 10.1. The molecule has 2 aromatic carbocycles. The molecule has 0 radical (unpaired) electrons. The fraction of sp³-hybridized carbons (Fsp3) is 0.348. The number of hydrogen-bond donors (Lipinski definition) is 1. The second-order valence-electron chi connectivity index (χ2n) is 7.10. The second kappa shape index (κ2) is 9.24. The van der Waals surface area contributed by atoms with E-state index in [9.17, 15) is 4.79 Å². The van der Waals surface area contributed by atoms with Crippen molar-refractivity contribution in [1.82, 2.24) is 15.1 Å². The van der Waals surface area contributed by atoms with Gasteiger partial charge in [-0.1, -0.05) is 18.2 Å². The van der Waals surface area contributed by atoms with Gasteiger partial charge in [0.05, 0.1) is 31.8 Å². The lowest BCUT2D eigenvalue weighted by Gasteiger charge is -2.08. The van der Waals surface area contributed by atoms with Crippen molar-refractivity contribution >= 4 is 16.7 Å². The summed E-state index contributed by atoms with van der Waals surface area (Å²) in [7, 11) is 1.66. The summed E-state index contributed by atoms with van der Waals surface area (Å²) in [6.07, 6.45) is 1.49. The maximum Gasteiger partial charge on any atom is 0.220 e. The predicted octanol–water partition coefficient (Wildman–Crippen LogP) is 3.82. The molecule has 0 aliphatic heterocycles. The van der Waals surface area contributed by atoms with E-state index in [2.05, 4.69) is 22.6 Å². The van der Waals surface area contributed by atoms with Crippen molar-refractivity contribution in [3.63, 3.8) is 0 Å². The highest BCUT2D eigenvalue weighted by Gasteiger charge is 2.13. The zero-order valence-electron chi connectivity index (χ0n) is 17.2. The Morgan fingerprint density at radius 2 is 1.97 bits per heavy atom. The van der Waals surface area contributed by atoms with Crippen LogP contribution in [0.1, 0.15) is 35.4 Å². The molecule has 0 unspecified atom stereocenters. The van der Waals surface area contributed by atoms with E-state index in [1.807, 2.05) is 48.9 Å². The first kappa shape index (κ1) is 20.4. The molecule has 1 N–H and O–H groups in total. The second-order valence-corrected chi connectivity index (χ2v) is 7.10. The van der Waals surface area contributed by atoms with Gasteiger partial charge in [0.1, 0.15) is 5.75 Å². The van der Waals surface area contributed by atoms with Crippen molar-refractivity contribution in [3.8, 4) is 11.8 Å². The Bertz CT molecular complexity index is 1060. The Labute approximate surface area is 171 Å². The number of nitrogens with zero attached hydrogens (tertiary/aromatic N) is 3. The monoisotopic (exact) mass is 390 g/mol. The van der Waals surface area contributed by atoms with Crippen LogP contribution < -0.4 is 10.1 Å². The molecule has 0 saturated heterocycles. The minimum atomic E-state index is 0.0170. The number of fused-ring (bicyclic) bond motifs is 1. The Morgan fingerprint density at radius 3 is 2.72 bits per heavy atom. The molecule has 150 valence electrons. The van der Waals surface area contributed by atoms with Crippen molar-refractivity contribution in [1.29, 1.82) is 5.26 Å². The van der Waals surface area contributed by atoms with Crippen LogP contribution in [0.2, 0.25) is 0 Å². The number of aryl methyl sites for hydroxylation is 2. The number of carbonyl (C=O) groups excluding carboxylic acids is 1. The van der Waals surface area contributed by atoms with Crippen LogP contribution in [0.4, 0.5) is 0 Å². The topological polar surface area (TPSA) is 79.9 Å². The number of carbonyl (C=O) groups is 1. The molecular weight excluding hydrogens is 364 g/mol. The largest absolute Gasteiger partial charge is 0.497 e. The minimum Gasteiger partial charge on any atom is -0.497 e. The highest BCUT2D eigenvalue weighted by molar-refractivity contribution is 5.84. The van der Waals surface area contributed by atoms with E-state index in [0.29, 0.717) is 32.4 Å². The molecule has 6 heteroatoms. The average Bonchev–Trinajstić information content (AvgIpc) is 3.01. The van der Waals surface area contributed by atoms with E-state index < -0.39 is 0 Å². The van der Waals surface area contributed by atoms with Gasteiger partial charge in [0.2, 0.25) is 5.91 Å². The van der Waals surface area contributed by atoms with Crippen LogP contribution in [0.5, 0.6) is 5.75 Å². The van der Waals surface area contributed by atoms with Gasteiger partial charge in [-0.25, -0.2) is 0 Å². The van der Waals surface area contributed by atoms with Crippen LogP contribution in [-0.4, -0.2) is 22.8 Å². The number of amides is 1. The van der Waals surface area contributed by atoms with E-state index in [1.54, 1.807) is 7.11 Å². The highest BCUT2D eigenvalue weighted by atomic mass is 16.5. The minimum absolute atomic E-state index is 0.0170. The van der Waals surface area contributed by atoms with Gasteiger partial charge in [-0.05, 0) is 60.4 Å². The Morgan fingerprint density at radius 1 is 1.21 bits per heavy atom. The summed E-state index contributed by atoms with van der Waals surface area (Å²) in [6.45, 7) is 5.03. The van der Waals surface area contributed by atoms with Crippen molar-refractivity contribution in [3.05, 3.63) is 58.9 Å². The number of aromatic nitrogens is 2. The van der Waals surface area contributed by atoms with E-state index in [0.717, 1.165) is 39.0 Å². The SMILES string of the molecule is COc1ccc2cc(CNC(=O)CCc3c(C)nn(CCC#N)c3C)ccc2c1. The number of nitriles is 1. The summed E-state index contributed by atoms with van der Waals surface area (Å²) >= 11 is 0. The fourth-order valence-electron chi connectivity index (χ4n) is 3.51. The van der Waals surface area contributed by atoms with Gasteiger partial charge in [0.15, 0.2) is 0 Å². The molecule has 1 amide bonds. The van der Waals surface area contributed by atoms with Gasteiger partial charge in [0.25, 0.3) is 0 Å². The van der Waals surface area contributed by atoms with Gasteiger partial charge in [0, 0.05) is 18.7 Å². The Hall–Kier alpha value is -3.33. The van der Waals surface area contributed by atoms with Crippen molar-refractivity contribution in [2.45, 2.75) is 46.2 Å². The Balaban J connectivity index is 1.56. The molecule has 0 atom stereocenters. The standard InChI is InChI=1S/C23H26N4O2/c1-16-22(17(2)27(26-16)12-4-11-24)9-10-23(28)25-15-18-5-6-20-14-21(29-3)8-7-19(20)13-18/h5-8,13-14H,4,9-10,12,15H2,1-3H3,(H,25,28). The zero-order valence-corrected chi connectivity index (χ0v) is 17.2. The van der Waals surface area contributed by atoms with Gasteiger partial charge in [-0.2, -0.15) is 10.4 Å². The van der Waals surface area contributed by atoms with Crippen LogP contribution in [-0.2, 0) is 24.3 Å². The van der Waals surface area contributed by atoms with Crippen LogP contribution in [0, 0.1) is 25.2 Å². The quantitative estimate of drug-likeness (QED) is 0.634.